The molecule has 2 N–H and O–H groups in total. The van der Waals surface area contributed by atoms with Gasteiger partial charge in [-0.2, -0.15) is 0 Å². The maximum absolute atomic E-state index is 9.74. The number of rotatable bonds is 5. The minimum Gasteiger partial charge on any atom is -0.508 e. The van der Waals surface area contributed by atoms with E-state index in [1.165, 1.54) is 16.7 Å². The molecule has 0 aliphatic heterocycles. The molecule has 0 aromatic heterocycles. The number of phenols is 1. The molecule has 0 saturated heterocycles. The summed E-state index contributed by atoms with van der Waals surface area (Å²) in [6, 6.07) is 13.7. The van der Waals surface area contributed by atoms with E-state index in [4.69, 9.17) is 4.74 Å². The number of hydrogen-bond acceptors (Lipinski definition) is 3. The summed E-state index contributed by atoms with van der Waals surface area (Å²) in [5, 5.41) is 13.1. The van der Waals surface area contributed by atoms with Crippen LogP contribution in [0.15, 0.2) is 48.5 Å². The third-order valence-electron chi connectivity index (χ3n) is 4.13. The monoisotopic (exact) mass is 295 g/mol. The normalized spacial score (nSPS) is 15.0. The van der Waals surface area contributed by atoms with Gasteiger partial charge < -0.3 is 15.2 Å². The molecular formula is C19H21NO2. The van der Waals surface area contributed by atoms with Gasteiger partial charge in [-0.05, 0) is 47.7 Å². The molecule has 3 rings (SSSR count). The molecule has 114 valence electrons. The molecule has 0 amide bonds. The van der Waals surface area contributed by atoms with Crippen molar-refractivity contribution in [1.82, 2.24) is 5.32 Å². The molecule has 0 fully saturated rings. The Hall–Kier alpha value is -2.26. The quantitative estimate of drug-likeness (QED) is 0.829. The van der Waals surface area contributed by atoms with Crippen LogP contribution in [0.5, 0.6) is 11.5 Å². The zero-order chi connectivity index (χ0) is 15.4. The number of aromatic hydroxyl groups is 1. The number of aryl methyl sites for hydroxylation is 1. The van der Waals surface area contributed by atoms with Gasteiger partial charge in [0.05, 0.1) is 7.11 Å². The Kier molecular flexibility index (Phi) is 4.45. The SMILES string of the molecule is COc1ccc2c(c1)/C(=C/CNCc1ccccc1O)CC2. The van der Waals surface area contributed by atoms with Crippen LogP contribution in [-0.4, -0.2) is 18.8 Å². The average molecular weight is 295 g/mol. The van der Waals surface area contributed by atoms with Gasteiger partial charge in [0.15, 0.2) is 0 Å². The molecule has 0 atom stereocenters. The van der Waals surface area contributed by atoms with Gasteiger partial charge in [-0.3, -0.25) is 0 Å². The summed E-state index contributed by atoms with van der Waals surface area (Å²) in [6.07, 6.45) is 4.43. The number of hydrogen-bond donors (Lipinski definition) is 2. The number of phenolic OH excluding ortho intramolecular Hbond substituents is 1. The largest absolute Gasteiger partial charge is 0.508 e. The maximum atomic E-state index is 9.74. The van der Waals surface area contributed by atoms with Crippen LogP contribution in [0.3, 0.4) is 0 Å². The van der Waals surface area contributed by atoms with Gasteiger partial charge in [0.1, 0.15) is 11.5 Å². The molecule has 2 aromatic rings. The van der Waals surface area contributed by atoms with Crippen molar-refractivity contribution in [3.8, 4) is 11.5 Å². The number of nitrogens with one attached hydrogen (secondary N) is 1. The smallest absolute Gasteiger partial charge is 0.120 e. The first-order valence-electron chi connectivity index (χ1n) is 7.62. The second-order valence-electron chi connectivity index (χ2n) is 5.51. The number of para-hydroxylation sites is 1. The standard InChI is InChI=1S/C19H21NO2/c1-22-17-9-8-14-6-7-15(18(14)12-17)10-11-20-13-16-4-2-3-5-19(16)21/h2-5,8-10,12,20-21H,6-7,11,13H2,1H3/b15-10+. The van der Waals surface area contributed by atoms with Crippen molar-refractivity contribution >= 4 is 5.57 Å². The van der Waals surface area contributed by atoms with E-state index in [2.05, 4.69) is 23.5 Å². The van der Waals surface area contributed by atoms with Crippen LogP contribution in [0.4, 0.5) is 0 Å². The molecule has 0 saturated carbocycles. The van der Waals surface area contributed by atoms with Crippen molar-refractivity contribution < 1.29 is 9.84 Å². The average Bonchev–Trinajstić information content (AvgIpc) is 2.95. The second-order valence-corrected chi connectivity index (χ2v) is 5.51. The molecule has 3 heteroatoms. The topological polar surface area (TPSA) is 41.5 Å². The molecule has 0 spiro atoms. The zero-order valence-electron chi connectivity index (χ0n) is 12.8. The van der Waals surface area contributed by atoms with Crippen molar-refractivity contribution in [2.24, 2.45) is 0 Å². The van der Waals surface area contributed by atoms with Gasteiger partial charge in [0.25, 0.3) is 0 Å². The van der Waals surface area contributed by atoms with Crippen molar-refractivity contribution in [3.05, 3.63) is 65.2 Å². The highest BCUT2D eigenvalue weighted by atomic mass is 16.5. The lowest BCUT2D eigenvalue weighted by atomic mass is 10.1. The van der Waals surface area contributed by atoms with Crippen molar-refractivity contribution in [1.29, 1.82) is 0 Å². The summed E-state index contributed by atoms with van der Waals surface area (Å²) in [5.41, 5.74) is 5.00. The minimum atomic E-state index is 0.346. The van der Waals surface area contributed by atoms with Crippen molar-refractivity contribution in [2.75, 3.05) is 13.7 Å². The fourth-order valence-electron chi connectivity index (χ4n) is 2.88. The molecule has 0 heterocycles. The summed E-state index contributed by atoms with van der Waals surface area (Å²) in [6.45, 7) is 1.46. The lowest BCUT2D eigenvalue weighted by Gasteiger charge is -2.07. The summed E-state index contributed by atoms with van der Waals surface area (Å²) in [5.74, 6) is 1.26. The van der Waals surface area contributed by atoms with Crippen LogP contribution in [0, 0.1) is 0 Å². The molecule has 1 aliphatic carbocycles. The summed E-state index contributed by atoms with van der Waals surface area (Å²) >= 11 is 0. The Bertz CT molecular complexity index is 692. The molecule has 0 bridgehead atoms. The lowest BCUT2D eigenvalue weighted by molar-refractivity contribution is 0.414. The van der Waals surface area contributed by atoms with Crippen LogP contribution >= 0.6 is 0 Å². The number of ether oxygens (including phenoxy) is 1. The Morgan fingerprint density at radius 2 is 2.05 bits per heavy atom. The third kappa shape index (κ3) is 3.15. The number of methoxy groups -OCH3 is 1. The Morgan fingerprint density at radius 3 is 2.86 bits per heavy atom. The lowest BCUT2D eigenvalue weighted by Crippen LogP contribution is -2.13. The van der Waals surface area contributed by atoms with Crippen molar-refractivity contribution in [2.45, 2.75) is 19.4 Å². The van der Waals surface area contributed by atoms with Gasteiger partial charge in [0.2, 0.25) is 0 Å². The van der Waals surface area contributed by atoms with Gasteiger partial charge in [0, 0.05) is 18.7 Å². The molecule has 0 radical (unpaired) electrons. The molecule has 22 heavy (non-hydrogen) atoms. The summed E-state index contributed by atoms with van der Waals surface area (Å²) in [7, 11) is 1.70. The van der Waals surface area contributed by atoms with E-state index in [1.807, 2.05) is 24.3 Å². The third-order valence-corrected chi connectivity index (χ3v) is 4.13. The van der Waals surface area contributed by atoms with Crippen LogP contribution in [-0.2, 0) is 13.0 Å². The van der Waals surface area contributed by atoms with Crippen LogP contribution in [0.25, 0.3) is 5.57 Å². The number of allylic oxidation sites excluding steroid dienone is 1. The molecule has 2 aromatic carbocycles. The van der Waals surface area contributed by atoms with E-state index in [0.717, 1.165) is 30.7 Å². The minimum absolute atomic E-state index is 0.346. The van der Waals surface area contributed by atoms with Crippen molar-refractivity contribution in [3.63, 3.8) is 0 Å². The molecule has 0 unspecified atom stereocenters. The maximum Gasteiger partial charge on any atom is 0.120 e. The summed E-state index contributed by atoms with van der Waals surface area (Å²) < 4.78 is 5.31. The Labute approximate surface area is 131 Å². The molecular weight excluding hydrogens is 274 g/mol. The van der Waals surface area contributed by atoms with E-state index in [1.54, 1.807) is 13.2 Å². The van der Waals surface area contributed by atoms with E-state index >= 15 is 0 Å². The predicted molar refractivity (Wildman–Crippen MR) is 89.1 cm³/mol. The number of benzene rings is 2. The fourth-order valence-corrected chi connectivity index (χ4v) is 2.88. The zero-order valence-corrected chi connectivity index (χ0v) is 12.8. The second kappa shape index (κ2) is 6.67. The fraction of sp³-hybridized carbons (Fsp3) is 0.263. The van der Waals surface area contributed by atoms with E-state index in [-0.39, 0.29) is 0 Å². The van der Waals surface area contributed by atoms with Gasteiger partial charge >= 0.3 is 0 Å². The van der Waals surface area contributed by atoms with Gasteiger partial charge in [-0.15, -0.1) is 0 Å². The van der Waals surface area contributed by atoms with Gasteiger partial charge in [-0.1, -0.05) is 30.3 Å². The van der Waals surface area contributed by atoms with Crippen LogP contribution < -0.4 is 10.1 Å². The Morgan fingerprint density at radius 1 is 1.18 bits per heavy atom. The van der Waals surface area contributed by atoms with Crippen LogP contribution in [0.1, 0.15) is 23.1 Å². The highest BCUT2D eigenvalue weighted by Crippen LogP contribution is 2.34. The predicted octanol–water partition coefficient (Wildman–Crippen LogP) is 3.52. The first-order chi connectivity index (χ1) is 10.8. The highest BCUT2D eigenvalue weighted by Gasteiger charge is 2.16. The summed E-state index contributed by atoms with van der Waals surface area (Å²) in [4.78, 5) is 0. The molecule has 3 nitrogen and oxygen atoms in total. The first-order valence-corrected chi connectivity index (χ1v) is 7.62. The highest BCUT2D eigenvalue weighted by molar-refractivity contribution is 5.73. The first kappa shape index (κ1) is 14.7. The van der Waals surface area contributed by atoms with Gasteiger partial charge in [-0.25, -0.2) is 0 Å². The number of fused-ring (bicyclic) bond motifs is 1. The van der Waals surface area contributed by atoms with E-state index in [0.29, 0.717) is 12.3 Å². The van der Waals surface area contributed by atoms with Crippen LogP contribution in [0.2, 0.25) is 0 Å². The van der Waals surface area contributed by atoms with E-state index < -0.39 is 0 Å². The molecule has 1 aliphatic rings. The Balaban J connectivity index is 1.62. The van der Waals surface area contributed by atoms with E-state index in [9.17, 15) is 5.11 Å².